The largest absolute Gasteiger partial charge is 0.477 e. The van der Waals surface area contributed by atoms with E-state index < -0.39 is 5.97 Å². The molecule has 3 rings (SSSR count). The highest BCUT2D eigenvalue weighted by Crippen LogP contribution is 2.29. The van der Waals surface area contributed by atoms with Gasteiger partial charge in [-0.1, -0.05) is 15.9 Å². The highest BCUT2D eigenvalue weighted by atomic mass is 79.9. The highest BCUT2D eigenvalue weighted by molar-refractivity contribution is 9.10. The Kier molecular flexibility index (Phi) is 3.92. The van der Waals surface area contributed by atoms with Crippen LogP contribution in [0.2, 0.25) is 0 Å². The first-order chi connectivity index (χ1) is 10.1. The summed E-state index contributed by atoms with van der Waals surface area (Å²) in [6.45, 7) is 0. The summed E-state index contributed by atoms with van der Waals surface area (Å²) in [4.78, 5) is 15.9. The number of benzene rings is 1. The third-order valence-electron chi connectivity index (χ3n) is 3.52. The number of nitrogens with zero attached hydrogens (tertiary/aromatic N) is 1. The van der Waals surface area contributed by atoms with E-state index in [1.54, 1.807) is 18.2 Å². The van der Waals surface area contributed by atoms with Crippen LogP contribution in [0.5, 0.6) is 11.6 Å². The fraction of sp³-hybridized carbons (Fsp3) is 0.250. The van der Waals surface area contributed by atoms with E-state index in [9.17, 15) is 9.90 Å². The van der Waals surface area contributed by atoms with Crippen LogP contribution < -0.4 is 4.74 Å². The number of aromatic nitrogens is 1. The lowest BCUT2D eigenvalue weighted by Gasteiger charge is -2.17. The second-order valence-electron chi connectivity index (χ2n) is 5.02. The smallest absolute Gasteiger partial charge is 0.341 e. The fourth-order valence-electron chi connectivity index (χ4n) is 2.46. The zero-order valence-electron chi connectivity index (χ0n) is 11.3. The predicted octanol–water partition coefficient (Wildman–Crippen LogP) is 4.21. The Bertz CT molecular complexity index is 683. The monoisotopic (exact) mass is 347 g/mol. The zero-order valence-corrected chi connectivity index (χ0v) is 12.9. The van der Waals surface area contributed by atoms with Crippen molar-refractivity contribution in [1.29, 1.82) is 0 Å². The van der Waals surface area contributed by atoms with Crippen molar-refractivity contribution in [1.82, 2.24) is 4.98 Å². The van der Waals surface area contributed by atoms with Crippen LogP contribution in [0.3, 0.4) is 0 Å². The molecule has 0 fully saturated rings. The van der Waals surface area contributed by atoms with Crippen LogP contribution in [0, 0.1) is 0 Å². The molecule has 0 radical (unpaired) electrons. The van der Waals surface area contributed by atoms with Crippen molar-refractivity contribution in [2.45, 2.75) is 25.7 Å². The normalized spacial score (nSPS) is 13.6. The minimum atomic E-state index is -1.01. The van der Waals surface area contributed by atoms with Crippen molar-refractivity contribution in [2.75, 3.05) is 0 Å². The molecule has 1 aliphatic carbocycles. The Balaban J connectivity index is 1.99. The van der Waals surface area contributed by atoms with E-state index in [0.29, 0.717) is 5.75 Å². The average Bonchev–Trinajstić information content (AvgIpc) is 2.48. The maximum Gasteiger partial charge on any atom is 0.341 e. The number of aromatic carboxylic acids is 1. The van der Waals surface area contributed by atoms with Gasteiger partial charge in [0.15, 0.2) is 0 Å². The van der Waals surface area contributed by atoms with Crippen LogP contribution in [0.4, 0.5) is 0 Å². The molecule has 0 spiro atoms. The molecule has 2 aromatic rings. The van der Waals surface area contributed by atoms with Gasteiger partial charge in [0.2, 0.25) is 5.88 Å². The standard InChI is InChI=1S/C16H14BrNO3/c17-11-5-7-12(8-6-11)21-15-13(16(19)20)9-10-3-1-2-4-14(10)18-15/h5-9H,1-4H2,(H,19,20). The third kappa shape index (κ3) is 3.08. The first-order valence-corrected chi connectivity index (χ1v) is 7.62. The van der Waals surface area contributed by atoms with Crippen LogP contribution in [-0.4, -0.2) is 16.1 Å². The Hall–Kier alpha value is -1.88. The minimum Gasteiger partial charge on any atom is -0.477 e. The predicted molar refractivity (Wildman–Crippen MR) is 82.1 cm³/mol. The van der Waals surface area contributed by atoms with Gasteiger partial charge in [0.1, 0.15) is 11.3 Å². The topological polar surface area (TPSA) is 59.4 Å². The van der Waals surface area contributed by atoms with E-state index in [-0.39, 0.29) is 11.4 Å². The van der Waals surface area contributed by atoms with Crippen molar-refractivity contribution in [2.24, 2.45) is 0 Å². The number of pyridine rings is 1. The lowest BCUT2D eigenvalue weighted by atomic mass is 9.95. The molecule has 1 N–H and O–H groups in total. The van der Waals surface area contributed by atoms with Gasteiger partial charge < -0.3 is 9.84 Å². The first-order valence-electron chi connectivity index (χ1n) is 6.83. The molecule has 0 saturated carbocycles. The molecule has 1 aliphatic rings. The second kappa shape index (κ2) is 5.85. The van der Waals surface area contributed by atoms with Crippen molar-refractivity contribution in [3.8, 4) is 11.6 Å². The number of hydrogen-bond donors (Lipinski definition) is 1. The van der Waals surface area contributed by atoms with Gasteiger partial charge in [0, 0.05) is 10.2 Å². The van der Waals surface area contributed by atoms with Crippen molar-refractivity contribution in [3.63, 3.8) is 0 Å². The van der Waals surface area contributed by atoms with E-state index in [2.05, 4.69) is 20.9 Å². The molecular formula is C16H14BrNO3. The quantitative estimate of drug-likeness (QED) is 0.903. The fourth-order valence-corrected chi connectivity index (χ4v) is 2.72. The molecular weight excluding hydrogens is 334 g/mol. The summed E-state index contributed by atoms with van der Waals surface area (Å²) in [6, 6.07) is 8.94. The summed E-state index contributed by atoms with van der Waals surface area (Å²) in [7, 11) is 0. The van der Waals surface area contributed by atoms with E-state index in [4.69, 9.17) is 4.74 Å². The van der Waals surface area contributed by atoms with Crippen LogP contribution >= 0.6 is 15.9 Å². The summed E-state index contributed by atoms with van der Waals surface area (Å²) in [6.07, 6.45) is 3.94. The molecule has 4 nitrogen and oxygen atoms in total. The number of rotatable bonds is 3. The van der Waals surface area contributed by atoms with Crippen molar-refractivity contribution in [3.05, 3.63) is 51.6 Å². The van der Waals surface area contributed by atoms with Gasteiger partial charge in [-0.25, -0.2) is 9.78 Å². The number of halogens is 1. The van der Waals surface area contributed by atoms with Gasteiger partial charge >= 0.3 is 5.97 Å². The summed E-state index contributed by atoms with van der Waals surface area (Å²) in [5, 5.41) is 9.36. The summed E-state index contributed by atoms with van der Waals surface area (Å²) >= 11 is 3.35. The molecule has 1 aromatic carbocycles. The van der Waals surface area contributed by atoms with Gasteiger partial charge in [0.25, 0.3) is 0 Å². The zero-order chi connectivity index (χ0) is 14.8. The molecule has 0 aliphatic heterocycles. The number of ether oxygens (including phenoxy) is 1. The van der Waals surface area contributed by atoms with Crippen LogP contribution in [0.1, 0.15) is 34.5 Å². The van der Waals surface area contributed by atoms with E-state index in [0.717, 1.165) is 41.4 Å². The van der Waals surface area contributed by atoms with Gasteiger partial charge in [-0.15, -0.1) is 0 Å². The number of hydrogen-bond acceptors (Lipinski definition) is 3. The highest BCUT2D eigenvalue weighted by Gasteiger charge is 2.20. The molecule has 108 valence electrons. The molecule has 0 unspecified atom stereocenters. The second-order valence-corrected chi connectivity index (χ2v) is 5.93. The molecule has 21 heavy (non-hydrogen) atoms. The Morgan fingerprint density at radius 3 is 2.62 bits per heavy atom. The van der Waals surface area contributed by atoms with E-state index >= 15 is 0 Å². The molecule has 5 heteroatoms. The summed E-state index contributed by atoms with van der Waals surface area (Å²) in [5.41, 5.74) is 2.11. The summed E-state index contributed by atoms with van der Waals surface area (Å²) < 4.78 is 6.62. The number of carboxylic acid groups (broad SMARTS) is 1. The minimum absolute atomic E-state index is 0.124. The SMILES string of the molecule is O=C(O)c1cc2c(nc1Oc1ccc(Br)cc1)CCCC2. The molecule has 0 amide bonds. The molecule has 1 aromatic heterocycles. The molecule has 0 bridgehead atoms. The van der Waals surface area contributed by atoms with Gasteiger partial charge in [-0.3, -0.25) is 0 Å². The Morgan fingerprint density at radius 2 is 1.90 bits per heavy atom. The third-order valence-corrected chi connectivity index (χ3v) is 4.05. The van der Waals surface area contributed by atoms with Crippen LogP contribution in [-0.2, 0) is 12.8 Å². The van der Waals surface area contributed by atoms with Gasteiger partial charge in [-0.2, -0.15) is 0 Å². The number of carbonyl (C=O) groups is 1. The van der Waals surface area contributed by atoms with Gasteiger partial charge in [-0.05, 0) is 61.6 Å². The van der Waals surface area contributed by atoms with Gasteiger partial charge in [0.05, 0.1) is 0 Å². The number of fused-ring (bicyclic) bond motifs is 1. The van der Waals surface area contributed by atoms with E-state index in [1.165, 1.54) is 0 Å². The Labute approximate surface area is 130 Å². The lowest BCUT2D eigenvalue weighted by molar-refractivity contribution is 0.0693. The van der Waals surface area contributed by atoms with Crippen LogP contribution in [0.15, 0.2) is 34.8 Å². The maximum absolute atomic E-state index is 11.4. The van der Waals surface area contributed by atoms with Crippen LogP contribution in [0.25, 0.3) is 0 Å². The first kappa shape index (κ1) is 14.1. The Morgan fingerprint density at radius 1 is 1.19 bits per heavy atom. The molecule has 0 saturated heterocycles. The number of aryl methyl sites for hydroxylation is 2. The molecule has 0 atom stereocenters. The maximum atomic E-state index is 11.4. The molecule has 1 heterocycles. The average molecular weight is 348 g/mol. The van der Waals surface area contributed by atoms with Crippen molar-refractivity contribution >= 4 is 21.9 Å². The number of carboxylic acids is 1. The van der Waals surface area contributed by atoms with E-state index in [1.807, 2.05) is 12.1 Å². The lowest BCUT2D eigenvalue weighted by Crippen LogP contribution is -2.11. The van der Waals surface area contributed by atoms with Crippen molar-refractivity contribution < 1.29 is 14.6 Å². The summed E-state index contributed by atoms with van der Waals surface area (Å²) in [5.74, 6) is -0.266.